The van der Waals surface area contributed by atoms with Crippen LogP contribution in [0.15, 0.2) is 66.7 Å². The second-order valence-electron chi connectivity index (χ2n) is 11.1. The molecule has 4 aromatic rings. The molecular formula is C33H41N3O3. The summed E-state index contributed by atoms with van der Waals surface area (Å²) in [6.45, 7) is 8.21. The molecule has 6 heteroatoms. The molecule has 1 heterocycles. The molecule has 0 spiro atoms. The van der Waals surface area contributed by atoms with Gasteiger partial charge in [0.05, 0.1) is 31.7 Å². The van der Waals surface area contributed by atoms with E-state index >= 15 is 0 Å². The number of aromatic nitrogens is 2. The Morgan fingerprint density at radius 3 is 2.31 bits per heavy atom. The number of para-hydroxylation sites is 2. The van der Waals surface area contributed by atoms with Crippen molar-refractivity contribution in [2.75, 3.05) is 20.8 Å². The molecule has 6 nitrogen and oxygen atoms in total. The maximum absolute atomic E-state index is 12.4. The zero-order chi connectivity index (χ0) is 27.8. The quantitative estimate of drug-likeness (QED) is 0.214. The van der Waals surface area contributed by atoms with E-state index in [-0.39, 0.29) is 11.3 Å². The minimum absolute atomic E-state index is 0.0153. The smallest absolute Gasteiger partial charge is 0.224 e. The van der Waals surface area contributed by atoms with E-state index in [1.165, 1.54) is 16.6 Å². The molecule has 0 aliphatic carbocycles. The number of imidazole rings is 1. The summed E-state index contributed by atoms with van der Waals surface area (Å²) in [7, 11) is 3.20. The molecular weight excluding hydrogens is 486 g/mol. The van der Waals surface area contributed by atoms with E-state index in [1.54, 1.807) is 14.2 Å². The normalized spacial score (nSPS) is 11.5. The Kier molecular flexibility index (Phi) is 9.28. The van der Waals surface area contributed by atoms with Crippen LogP contribution in [0.2, 0.25) is 0 Å². The number of carbonyl (C=O) groups is 1. The lowest BCUT2D eigenvalue weighted by atomic mass is 9.87. The average molecular weight is 528 g/mol. The summed E-state index contributed by atoms with van der Waals surface area (Å²) in [5.74, 6) is 2.43. The average Bonchev–Trinajstić information content (AvgIpc) is 3.27. The molecule has 0 unspecified atom stereocenters. The van der Waals surface area contributed by atoms with Crippen LogP contribution in [0.25, 0.3) is 11.0 Å². The highest BCUT2D eigenvalue weighted by Crippen LogP contribution is 2.28. The van der Waals surface area contributed by atoms with Gasteiger partial charge in [-0.25, -0.2) is 4.98 Å². The van der Waals surface area contributed by atoms with Crippen molar-refractivity contribution in [3.63, 3.8) is 0 Å². The van der Waals surface area contributed by atoms with Crippen molar-refractivity contribution in [3.8, 4) is 11.5 Å². The van der Waals surface area contributed by atoms with Crippen LogP contribution in [0.4, 0.5) is 0 Å². The second kappa shape index (κ2) is 12.8. The summed E-state index contributed by atoms with van der Waals surface area (Å²) in [6.07, 6.45) is 4.22. The number of methoxy groups -OCH3 is 2. The van der Waals surface area contributed by atoms with Crippen LogP contribution < -0.4 is 14.8 Å². The number of ether oxygens (including phenoxy) is 2. The fourth-order valence-corrected chi connectivity index (χ4v) is 4.84. The Balaban J connectivity index is 1.28. The molecule has 4 rings (SSSR count). The van der Waals surface area contributed by atoms with Crippen molar-refractivity contribution < 1.29 is 14.3 Å². The van der Waals surface area contributed by atoms with Gasteiger partial charge in [-0.1, -0.05) is 69.7 Å². The number of fused-ring (bicyclic) bond motifs is 1. The van der Waals surface area contributed by atoms with Gasteiger partial charge < -0.3 is 19.4 Å². The van der Waals surface area contributed by atoms with Crippen LogP contribution in [0.5, 0.6) is 11.5 Å². The summed E-state index contributed by atoms with van der Waals surface area (Å²) in [5, 5.41) is 3.04. The summed E-state index contributed by atoms with van der Waals surface area (Å²) >= 11 is 0. The highest BCUT2D eigenvalue weighted by atomic mass is 16.5. The molecule has 39 heavy (non-hydrogen) atoms. The molecule has 0 saturated heterocycles. The molecule has 0 radical (unpaired) electrons. The van der Waals surface area contributed by atoms with Crippen molar-refractivity contribution in [3.05, 3.63) is 89.2 Å². The maximum Gasteiger partial charge on any atom is 0.224 e. The van der Waals surface area contributed by atoms with Crippen LogP contribution in [0.3, 0.4) is 0 Å². The van der Waals surface area contributed by atoms with Gasteiger partial charge in [0.25, 0.3) is 0 Å². The van der Waals surface area contributed by atoms with Gasteiger partial charge in [0.2, 0.25) is 5.91 Å². The van der Waals surface area contributed by atoms with Crippen molar-refractivity contribution in [1.82, 2.24) is 14.9 Å². The molecule has 0 saturated carbocycles. The molecule has 3 aromatic carbocycles. The summed E-state index contributed by atoms with van der Waals surface area (Å²) in [6, 6.07) is 22.9. The zero-order valence-electron chi connectivity index (χ0n) is 23.9. The Morgan fingerprint density at radius 2 is 1.59 bits per heavy atom. The van der Waals surface area contributed by atoms with E-state index in [4.69, 9.17) is 14.5 Å². The lowest BCUT2D eigenvalue weighted by molar-refractivity contribution is -0.120. The zero-order valence-corrected chi connectivity index (χ0v) is 23.9. The van der Waals surface area contributed by atoms with Crippen molar-refractivity contribution >= 4 is 16.9 Å². The lowest BCUT2D eigenvalue weighted by Crippen LogP contribution is -2.26. The highest BCUT2D eigenvalue weighted by Gasteiger charge is 2.15. The number of amides is 1. The summed E-state index contributed by atoms with van der Waals surface area (Å²) in [5.41, 5.74) is 5.89. The largest absolute Gasteiger partial charge is 0.493 e. The predicted octanol–water partition coefficient (Wildman–Crippen LogP) is 6.47. The Labute approximate surface area is 232 Å². The Bertz CT molecular complexity index is 1380. The first-order chi connectivity index (χ1) is 18.8. The van der Waals surface area contributed by atoms with E-state index in [0.29, 0.717) is 24.5 Å². The molecule has 0 aliphatic heterocycles. The Morgan fingerprint density at radius 1 is 0.872 bits per heavy atom. The Hall–Kier alpha value is -3.80. The van der Waals surface area contributed by atoms with E-state index in [1.807, 2.05) is 24.3 Å². The molecule has 0 bridgehead atoms. The van der Waals surface area contributed by atoms with E-state index in [9.17, 15) is 4.79 Å². The topological polar surface area (TPSA) is 65.4 Å². The van der Waals surface area contributed by atoms with Gasteiger partial charge in [0.1, 0.15) is 5.82 Å². The standard InChI is InChI=1S/C33H41N3O3/c1-33(2,3)26-17-14-24(15-18-26)23-36-28-12-9-8-11-27(28)35-31(36)13-7-6-10-20-34-32(37)22-25-16-19-29(38-4)30(21-25)39-5/h8-9,11-12,14-19,21H,6-7,10,13,20,22-23H2,1-5H3,(H,34,37). The van der Waals surface area contributed by atoms with Crippen LogP contribution in [0.1, 0.15) is 62.5 Å². The third-order valence-electron chi connectivity index (χ3n) is 7.11. The number of unbranched alkanes of at least 4 members (excludes halogenated alkanes) is 2. The number of benzene rings is 3. The molecule has 1 amide bonds. The minimum atomic E-state index is 0.0153. The number of hydrogen-bond acceptors (Lipinski definition) is 4. The first-order valence-electron chi connectivity index (χ1n) is 13.8. The van der Waals surface area contributed by atoms with E-state index in [2.05, 4.69) is 73.1 Å². The molecule has 206 valence electrons. The fraction of sp³-hybridized carbons (Fsp3) is 0.394. The van der Waals surface area contributed by atoms with Crippen LogP contribution in [-0.4, -0.2) is 36.2 Å². The molecule has 1 N–H and O–H groups in total. The fourth-order valence-electron chi connectivity index (χ4n) is 4.84. The van der Waals surface area contributed by atoms with Crippen molar-refractivity contribution in [1.29, 1.82) is 0 Å². The van der Waals surface area contributed by atoms with E-state index < -0.39 is 0 Å². The molecule has 0 atom stereocenters. The summed E-state index contributed by atoms with van der Waals surface area (Å²) in [4.78, 5) is 17.4. The number of nitrogens with one attached hydrogen (secondary N) is 1. The van der Waals surface area contributed by atoms with Gasteiger partial charge in [-0.2, -0.15) is 0 Å². The van der Waals surface area contributed by atoms with Gasteiger partial charge >= 0.3 is 0 Å². The minimum Gasteiger partial charge on any atom is -0.493 e. The third kappa shape index (κ3) is 7.41. The molecule has 1 aromatic heterocycles. The highest BCUT2D eigenvalue weighted by molar-refractivity contribution is 5.78. The van der Waals surface area contributed by atoms with Gasteiger partial charge in [0.15, 0.2) is 11.5 Å². The van der Waals surface area contributed by atoms with E-state index in [0.717, 1.165) is 49.1 Å². The number of carbonyl (C=O) groups excluding carboxylic acids is 1. The van der Waals surface area contributed by atoms with Gasteiger partial charge in [-0.15, -0.1) is 0 Å². The SMILES string of the molecule is COc1ccc(CC(=O)NCCCCCc2nc3ccccc3n2Cc2ccc(C(C)(C)C)cc2)cc1OC. The second-order valence-corrected chi connectivity index (χ2v) is 11.1. The number of nitrogens with zero attached hydrogens (tertiary/aromatic N) is 2. The van der Waals surface area contributed by atoms with Crippen LogP contribution in [-0.2, 0) is 29.6 Å². The first kappa shape index (κ1) is 28.2. The third-order valence-corrected chi connectivity index (χ3v) is 7.11. The number of rotatable bonds is 12. The van der Waals surface area contributed by atoms with Crippen molar-refractivity contribution in [2.45, 2.75) is 64.8 Å². The number of aryl methyl sites for hydroxylation is 1. The lowest BCUT2D eigenvalue weighted by Gasteiger charge is -2.19. The van der Waals surface area contributed by atoms with Gasteiger partial charge in [-0.3, -0.25) is 4.79 Å². The van der Waals surface area contributed by atoms with Gasteiger partial charge in [-0.05, 0) is 59.2 Å². The van der Waals surface area contributed by atoms with Crippen LogP contribution in [0, 0.1) is 0 Å². The predicted molar refractivity (Wildman–Crippen MR) is 158 cm³/mol. The first-order valence-corrected chi connectivity index (χ1v) is 13.8. The van der Waals surface area contributed by atoms with Crippen molar-refractivity contribution in [2.24, 2.45) is 0 Å². The summed E-state index contributed by atoms with van der Waals surface area (Å²) < 4.78 is 13.0. The number of hydrogen-bond donors (Lipinski definition) is 1. The molecule has 0 fully saturated rings. The monoisotopic (exact) mass is 527 g/mol. The van der Waals surface area contributed by atoms with Crippen LogP contribution >= 0.6 is 0 Å². The van der Waals surface area contributed by atoms with Gasteiger partial charge in [0, 0.05) is 19.5 Å². The maximum atomic E-state index is 12.4. The molecule has 0 aliphatic rings.